The molecular formula is C11H13ClO4. The number of para-hydroxylation sites is 1. The van der Waals surface area contributed by atoms with Crippen LogP contribution in [0.25, 0.3) is 0 Å². The van der Waals surface area contributed by atoms with Gasteiger partial charge in [0.2, 0.25) is 0 Å². The number of carboxylic acid groups (broad SMARTS) is 1. The van der Waals surface area contributed by atoms with Crippen LogP contribution in [0.15, 0.2) is 24.3 Å². The summed E-state index contributed by atoms with van der Waals surface area (Å²) in [6.45, 7) is 1.94. The summed E-state index contributed by atoms with van der Waals surface area (Å²) in [5.74, 6) is -0.423. The Morgan fingerprint density at radius 1 is 1.44 bits per heavy atom. The number of carbonyl (C=O) groups is 1. The lowest BCUT2D eigenvalue weighted by molar-refractivity contribution is -0.149. The van der Waals surface area contributed by atoms with Crippen LogP contribution in [0, 0.1) is 0 Å². The van der Waals surface area contributed by atoms with Gasteiger partial charge in [-0.1, -0.05) is 23.7 Å². The van der Waals surface area contributed by atoms with Gasteiger partial charge in [0.25, 0.3) is 0 Å². The molecule has 0 heterocycles. The van der Waals surface area contributed by atoms with Crippen molar-refractivity contribution in [1.29, 1.82) is 0 Å². The molecule has 0 aliphatic carbocycles. The Balaban J connectivity index is 2.26. The van der Waals surface area contributed by atoms with Gasteiger partial charge in [0, 0.05) is 0 Å². The molecule has 5 heteroatoms. The van der Waals surface area contributed by atoms with Crippen molar-refractivity contribution < 1.29 is 19.4 Å². The Hall–Kier alpha value is -1.26. The number of ether oxygens (including phenoxy) is 2. The Morgan fingerprint density at radius 3 is 2.75 bits per heavy atom. The van der Waals surface area contributed by atoms with Crippen LogP contribution in [-0.4, -0.2) is 30.4 Å². The first-order valence-corrected chi connectivity index (χ1v) is 5.21. The van der Waals surface area contributed by atoms with Crippen molar-refractivity contribution in [3.63, 3.8) is 0 Å². The summed E-state index contributed by atoms with van der Waals surface area (Å²) in [6.07, 6.45) is -0.824. The van der Waals surface area contributed by atoms with Gasteiger partial charge in [-0.05, 0) is 19.1 Å². The number of hydrogen-bond donors (Lipinski definition) is 1. The molecule has 88 valence electrons. The molecule has 0 bridgehead atoms. The highest BCUT2D eigenvalue weighted by atomic mass is 35.5. The van der Waals surface area contributed by atoms with Crippen molar-refractivity contribution in [2.24, 2.45) is 0 Å². The van der Waals surface area contributed by atoms with Crippen molar-refractivity contribution in [2.75, 3.05) is 13.2 Å². The van der Waals surface area contributed by atoms with E-state index >= 15 is 0 Å². The SMILES string of the molecule is C[C@H](OCCOc1ccccc1Cl)C(=O)O. The predicted molar refractivity (Wildman–Crippen MR) is 60.0 cm³/mol. The fourth-order valence-corrected chi connectivity index (χ4v) is 1.20. The molecule has 0 spiro atoms. The third-order valence-corrected chi connectivity index (χ3v) is 2.21. The molecule has 0 aliphatic heterocycles. The zero-order valence-corrected chi connectivity index (χ0v) is 9.61. The van der Waals surface area contributed by atoms with Crippen LogP contribution in [-0.2, 0) is 9.53 Å². The largest absolute Gasteiger partial charge is 0.490 e. The zero-order chi connectivity index (χ0) is 12.0. The smallest absolute Gasteiger partial charge is 0.332 e. The van der Waals surface area contributed by atoms with Crippen LogP contribution in [0.4, 0.5) is 0 Å². The van der Waals surface area contributed by atoms with Crippen LogP contribution < -0.4 is 4.74 Å². The molecule has 16 heavy (non-hydrogen) atoms. The molecule has 0 fully saturated rings. The van der Waals surface area contributed by atoms with E-state index in [9.17, 15) is 4.79 Å². The van der Waals surface area contributed by atoms with E-state index in [2.05, 4.69) is 0 Å². The molecule has 1 aromatic carbocycles. The lowest BCUT2D eigenvalue weighted by Gasteiger charge is -2.10. The maximum atomic E-state index is 10.4. The van der Waals surface area contributed by atoms with Crippen molar-refractivity contribution in [1.82, 2.24) is 0 Å². The number of rotatable bonds is 6. The summed E-state index contributed by atoms with van der Waals surface area (Å²) in [5, 5.41) is 9.08. The van der Waals surface area contributed by atoms with Gasteiger partial charge in [-0.15, -0.1) is 0 Å². The van der Waals surface area contributed by atoms with Crippen LogP contribution in [0.5, 0.6) is 5.75 Å². The summed E-state index contributed by atoms with van der Waals surface area (Å²) in [7, 11) is 0. The highest BCUT2D eigenvalue weighted by Gasteiger charge is 2.10. The van der Waals surface area contributed by atoms with E-state index in [0.717, 1.165) is 0 Å². The topological polar surface area (TPSA) is 55.8 Å². The average molecular weight is 245 g/mol. The maximum Gasteiger partial charge on any atom is 0.332 e. The molecule has 0 saturated carbocycles. The molecule has 0 radical (unpaired) electrons. The fourth-order valence-electron chi connectivity index (χ4n) is 1.01. The van der Waals surface area contributed by atoms with Crippen molar-refractivity contribution in [3.05, 3.63) is 29.3 Å². The quantitative estimate of drug-likeness (QED) is 0.780. The van der Waals surface area contributed by atoms with Gasteiger partial charge in [-0.25, -0.2) is 4.79 Å². The molecule has 0 amide bonds. The molecular weight excluding hydrogens is 232 g/mol. The standard InChI is InChI=1S/C11H13ClO4/c1-8(11(13)14)15-6-7-16-10-5-3-2-4-9(10)12/h2-5,8H,6-7H2,1H3,(H,13,14)/t8-/m0/s1. The average Bonchev–Trinajstić information content (AvgIpc) is 2.26. The highest BCUT2D eigenvalue weighted by Crippen LogP contribution is 2.22. The molecule has 0 aliphatic rings. The normalized spacial score (nSPS) is 12.1. The van der Waals surface area contributed by atoms with Gasteiger partial charge >= 0.3 is 5.97 Å². The number of aliphatic carboxylic acids is 1. The number of halogens is 1. The Morgan fingerprint density at radius 2 is 2.12 bits per heavy atom. The monoisotopic (exact) mass is 244 g/mol. The molecule has 0 aromatic heterocycles. The molecule has 1 atom stereocenters. The van der Waals surface area contributed by atoms with Gasteiger partial charge in [0.05, 0.1) is 11.6 Å². The molecule has 0 unspecified atom stereocenters. The van der Waals surface area contributed by atoms with Crippen LogP contribution in [0.2, 0.25) is 5.02 Å². The number of benzene rings is 1. The minimum atomic E-state index is -0.988. The van der Waals surface area contributed by atoms with Gasteiger partial charge in [-0.2, -0.15) is 0 Å². The molecule has 1 N–H and O–H groups in total. The minimum Gasteiger partial charge on any atom is -0.490 e. The Kier molecular flexibility index (Phi) is 5.08. The van der Waals surface area contributed by atoms with Crippen LogP contribution in [0.1, 0.15) is 6.92 Å². The first kappa shape index (κ1) is 12.8. The molecule has 1 aromatic rings. The Bertz CT molecular complexity index is 354. The summed E-state index contributed by atoms with van der Waals surface area (Å²) < 4.78 is 10.3. The van der Waals surface area contributed by atoms with E-state index in [1.54, 1.807) is 18.2 Å². The van der Waals surface area contributed by atoms with Crippen LogP contribution >= 0.6 is 11.6 Å². The van der Waals surface area contributed by atoms with Crippen molar-refractivity contribution in [3.8, 4) is 5.75 Å². The van der Waals surface area contributed by atoms with Gasteiger partial charge in [0.1, 0.15) is 12.4 Å². The first-order chi connectivity index (χ1) is 7.61. The first-order valence-electron chi connectivity index (χ1n) is 4.83. The lowest BCUT2D eigenvalue weighted by atomic mass is 10.3. The summed E-state index contributed by atoms with van der Waals surface area (Å²) in [6, 6.07) is 7.07. The fraction of sp³-hybridized carbons (Fsp3) is 0.364. The van der Waals surface area contributed by atoms with Gasteiger partial charge < -0.3 is 14.6 Å². The number of hydrogen-bond acceptors (Lipinski definition) is 3. The summed E-state index contributed by atoms with van der Waals surface area (Å²) in [5.41, 5.74) is 0. The van der Waals surface area contributed by atoms with Crippen molar-refractivity contribution in [2.45, 2.75) is 13.0 Å². The third kappa shape index (κ3) is 4.08. The molecule has 1 rings (SSSR count). The third-order valence-electron chi connectivity index (χ3n) is 1.89. The highest BCUT2D eigenvalue weighted by molar-refractivity contribution is 6.32. The Labute approximate surface area is 98.7 Å². The van der Waals surface area contributed by atoms with Gasteiger partial charge in [-0.3, -0.25) is 0 Å². The second kappa shape index (κ2) is 6.35. The second-order valence-corrected chi connectivity index (χ2v) is 3.54. The van der Waals surface area contributed by atoms with E-state index in [4.69, 9.17) is 26.2 Å². The maximum absolute atomic E-state index is 10.4. The second-order valence-electron chi connectivity index (χ2n) is 3.13. The lowest BCUT2D eigenvalue weighted by Crippen LogP contribution is -2.22. The van der Waals surface area contributed by atoms with E-state index in [-0.39, 0.29) is 13.2 Å². The number of carboxylic acids is 1. The summed E-state index contributed by atoms with van der Waals surface area (Å²) in [4.78, 5) is 10.4. The van der Waals surface area contributed by atoms with E-state index < -0.39 is 12.1 Å². The van der Waals surface area contributed by atoms with Gasteiger partial charge in [0.15, 0.2) is 6.10 Å². The molecule has 0 saturated heterocycles. The predicted octanol–water partition coefficient (Wildman–Crippen LogP) is 2.21. The van der Waals surface area contributed by atoms with Crippen LogP contribution in [0.3, 0.4) is 0 Å². The minimum absolute atomic E-state index is 0.207. The van der Waals surface area contributed by atoms with E-state index in [0.29, 0.717) is 10.8 Å². The zero-order valence-electron chi connectivity index (χ0n) is 8.85. The van der Waals surface area contributed by atoms with Crippen molar-refractivity contribution >= 4 is 17.6 Å². The van der Waals surface area contributed by atoms with E-state index in [1.807, 2.05) is 6.07 Å². The molecule has 4 nitrogen and oxygen atoms in total. The summed E-state index contributed by atoms with van der Waals surface area (Å²) >= 11 is 5.86. The van der Waals surface area contributed by atoms with E-state index in [1.165, 1.54) is 6.92 Å².